The zero-order valence-corrected chi connectivity index (χ0v) is 11.1. The molecule has 0 atom stereocenters. The second-order valence-electron chi connectivity index (χ2n) is 3.34. The van der Waals surface area contributed by atoms with Gasteiger partial charge in [0.25, 0.3) is 5.56 Å². The van der Waals surface area contributed by atoms with Crippen LogP contribution in [0, 0.1) is 0 Å². The van der Waals surface area contributed by atoms with E-state index in [1.807, 2.05) is 5.10 Å². The van der Waals surface area contributed by atoms with Gasteiger partial charge in [-0.15, -0.1) is 0 Å². The number of aromatic amines is 1. The standard InChI is InChI=1S/C10H6Cl2N2O3S/c11-6-1-2-7(12)8(5-6)18(16,17)10-4-3-9(15)13-14-10/h1-5H,(H,13,15). The molecule has 2 aromatic rings. The van der Waals surface area contributed by atoms with Gasteiger partial charge in [0.15, 0.2) is 5.03 Å². The maximum Gasteiger partial charge on any atom is 0.264 e. The summed E-state index contributed by atoms with van der Waals surface area (Å²) in [5.74, 6) is 0. The number of hydrogen-bond acceptors (Lipinski definition) is 4. The van der Waals surface area contributed by atoms with Gasteiger partial charge in [0, 0.05) is 11.1 Å². The Labute approximate surface area is 112 Å². The molecule has 0 radical (unpaired) electrons. The third-order valence-electron chi connectivity index (χ3n) is 2.11. The molecule has 0 bridgehead atoms. The molecule has 2 rings (SSSR count). The molecule has 18 heavy (non-hydrogen) atoms. The zero-order valence-electron chi connectivity index (χ0n) is 8.72. The molecular weight excluding hydrogens is 299 g/mol. The Morgan fingerprint density at radius 1 is 1.11 bits per heavy atom. The first-order valence-corrected chi connectivity index (χ1v) is 6.91. The SMILES string of the molecule is O=c1ccc(S(=O)(=O)c2cc(Cl)ccc2Cl)n[nH]1. The van der Waals surface area contributed by atoms with E-state index in [-0.39, 0.29) is 20.0 Å². The fraction of sp³-hybridized carbons (Fsp3) is 0. The second-order valence-corrected chi connectivity index (χ2v) is 6.05. The minimum absolute atomic E-state index is 0.0346. The highest BCUT2D eigenvalue weighted by molar-refractivity contribution is 7.91. The number of H-pyrrole nitrogens is 1. The summed E-state index contributed by atoms with van der Waals surface area (Å²) in [5.41, 5.74) is -0.494. The average Bonchev–Trinajstić information content (AvgIpc) is 2.32. The van der Waals surface area contributed by atoms with Gasteiger partial charge < -0.3 is 0 Å². The average molecular weight is 305 g/mol. The summed E-state index contributed by atoms with van der Waals surface area (Å²) in [6, 6.07) is 6.25. The number of nitrogens with zero attached hydrogens (tertiary/aromatic N) is 1. The maximum atomic E-state index is 12.2. The molecule has 94 valence electrons. The van der Waals surface area contributed by atoms with Crippen molar-refractivity contribution in [2.75, 3.05) is 0 Å². The largest absolute Gasteiger partial charge is 0.268 e. The van der Waals surface area contributed by atoms with Crippen LogP contribution >= 0.6 is 23.2 Å². The lowest BCUT2D eigenvalue weighted by molar-refractivity contribution is 0.589. The van der Waals surface area contributed by atoms with Crippen LogP contribution in [0.25, 0.3) is 0 Å². The van der Waals surface area contributed by atoms with E-state index in [0.717, 1.165) is 12.1 Å². The molecule has 1 aromatic carbocycles. The molecule has 0 aliphatic heterocycles. The summed E-state index contributed by atoms with van der Waals surface area (Å²) in [4.78, 5) is 10.7. The fourth-order valence-corrected chi connectivity index (χ4v) is 3.18. The maximum absolute atomic E-state index is 12.2. The smallest absolute Gasteiger partial charge is 0.264 e. The van der Waals surface area contributed by atoms with E-state index in [1.165, 1.54) is 18.2 Å². The first kappa shape index (κ1) is 13.1. The van der Waals surface area contributed by atoms with Crippen molar-refractivity contribution < 1.29 is 8.42 Å². The van der Waals surface area contributed by atoms with Crippen LogP contribution < -0.4 is 5.56 Å². The highest BCUT2D eigenvalue weighted by atomic mass is 35.5. The van der Waals surface area contributed by atoms with Gasteiger partial charge in [-0.1, -0.05) is 23.2 Å². The lowest BCUT2D eigenvalue weighted by atomic mass is 10.4. The first-order chi connectivity index (χ1) is 8.41. The molecule has 0 fully saturated rings. The molecule has 8 heteroatoms. The molecule has 0 unspecified atom stereocenters. The fourth-order valence-electron chi connectivity index (χ4n) is 1.28. The Morgan fingerprint density at radius 2 is 1.83 bits per heavy atom. The van der Waals surface area contributed by atoms with Crippen LogP contribution in [0.1, 0.15) is 0 Å². The third kappa shape index (κ3) is 2.40. The zero-order chi connectivity index (χ0) is 13.3. The van der Waals surface area contributed by atoms with Crippen LogP contribution in [-0.4, -0.2) is 18.6 Å². The van der Waals surface area contributed by atoms with Gasteiger partial charge in [-0.3, -0.25) is 4.79 Å². The summed E-state index contributed by atoms with van der Waals surface area (Å²) in [5, 5.41) is 5.49. The molecule has 1 aromatic heterocycles. The van der Waals surface area contributed by atoms with E-state index in [4.69, 9.17) is 23.2 Å². The molecule has 5 nitrogen and oxygen atoms in total. The number of sulfone groups is 1. The van der Waals surface area contributed by atoms with Gasteiger partial charge in [-0.25, -0.2) is 13.5 Å². The summed E-state index contributed by atoms with van der Waals surface area (Å²) >= 11 is 11.6. The minimum Gasteiger partial charge on any atom is -0.268 e. The van der Waals surface area contributed by atoms with Crippen LogP contribution in [0.3, 0.4) is 0 Å². The summed E-state index contributed by atoms with van der Waals surface area (Å²) in [6.45, 7) is 0. The van der Waals surface area contributed by atoms with Gasteiger partial charge in [0.1, 0.15) is 0 Å². The van der Waals surface area contributed by atoms with Crippen LogP contribution in [0.4, 0.5) is 0 Å². The van der Waals surface area contributed by atoms with Crippen molar-refractivity contribution in [3.8, 4) is 0 Å². The van der Waals surface area contributed by atoms with Crippen LogP contribution in [0.15, 0.2) is 45.0 Å². The van der Waals surface area contributed by atoms with Crippen LogP contribution in [0.2, 0.25) is 10.0 Å². The third-order valence-corrected chi connectivity index (χ3v) is 4.48. The molecule has 0 aliphatic rings. The van der Waals surface area contributed by atoms with E-state index in [0.29, 0.717) is 0 Å². The molecule has 0 aliphatic carbocycles. The van der Waals surface area contributed by atoms with Crippen molar-refractivity contribution in [2.24, 2.45) is 0 Å². The number of benzene rings is 1. The Balaban J connectivity index is 2.65. The van der Waals surface area contributed by atoms with Crippen molar-refractivity contribution in [3.63, 3.8) is 0 Å². The van der Waals surface area contributed by atoms with Crippen molar-refractivity contribution in [3.05, 3.63) is 50.7 Å². The number of halogens is 2. The highest BCUT2D eigenvalue weighted by Crippen LogP contribution is 2.28. The molecule has 0 saturated carbocycles. The molecule has 0 saturated heterocycles. The van der Waals surface area contributed by atoms with Crippen LogP contribution in [-0.2, 0) is 9.84 Å². The quantitative estimate of drug-likeness (QED) is 0.919. The number of nitrogens with one attached hydrogen (secondary N) is 1. The summed E-state index contributed by atoms with van der Waals surface area (Å²) in [7, 11) is -3.91. The Hall–Kier alpha value is -1.37. The molecule has 1 N–H and O–H groups in total. The minimum atomic E-state index is -3.91. The monoisotopic (exact) mass is 304 g/mol. The summed E-state index contributed by atoms with van der Waals surface area (Å²) < 4.78 is 24.4. The van der Waals surface area contributed by atoms with Gasteiger partial charge in [0.05, 0.1) is 9.92 Å². The molecular formula is C10H6Cl2N2O3S. The van der Waals surface area contributed by atoms with E-state index < -0.39 is 15.4 Å². The van der Waals surface area contributed by atoms with E-state index in [9.17, 15) is 13.2 Å². The van der Waals surface area contributed by atoms with Crippen molar-refractivity contribution in [2.45, 2.75) is 9.92 Å². The van der Waals surface area contributed by atoms with E-state index in [2.05, 4.69) is 5.10 Å². The second kappa shape index (κ2) is 4.72. The lowest BCUT2D eigenvalue weighted by Gasteiger charge is -2.05. The van der Waals surface area contributed by atoms with E-state index in [1.54, 1.807) is 0 Å². The lowest BCUT2D eigenvalue weighted by Crippen LogP contribution is -2.12. The Morgan fingerprint density at radius 3 is 2.44 bits per heavy atom. The molecule has 0 spiro atoms. The Kier molecular flexibility index (Phi) is 3.43. The van der Waals surface area contributed by atoms with E-state index >= 15 is 0 Å². The predicted octanol–water partition coefficient (Wildman–Crippen LogP) is 1.91. The predicted molar refractivity (Wildman–Crippen MR) is 66.8 cm³/mol. The number of hydrogen-bond donors (Lipinski definition) is 1. The van der Waals surface area contributed by atoms with Crippen molar-refractivity contribution in [1.29, 1.82) is 0 Å². The summed E-state index contributed by atoms with van der Waals surface area (Å²) in [6.07, 6.45) is 0. The highest BCUT2D eigenvalue weighted by Gasteiger charge is 2.22. The molecule has 1 heterocycles. The topological polar surface area (TPSA) is 79.9 Å². The Bertz CT molecular complexity index is 735. The van der Waals surface area contributed by atoms with Crippen LogP contribution in [0.5, 0.6) is 0 Å². The van der Waals surface area contributed by atoms with Gasteiger partial charge in [-0.2, -0.15) is 5.10 Å². The van der Waals surface area contributed by atoms with Crippen molar-refractivity contribution >= 4 is 33.0 Å². The number of rotatable bonds is 2. The van der Waals surface area contributed by atoms with Gasteiger partial charge >= 0.3 is 0 Å². The van der Waals surface area contributed by atoms with Gasteiger partial charge in [-0.05, 0) is 24.3 Å². The number of aromatic nitrogens is 2. The first-order valence-electron chi connectivity index (χ1n) is 4.67. The van der Waals surface area contributed by atoms with Crippen molar-refractivity contribution in [1.82, 2.24) is 10.2 Å². The normalized spacial score (nSPS) is 11.4. The van der Waals surface area contributed by atoms with Gasteiger partial charge in [0.2, 0.25) is 9.84 Å². The molecule has 0 amide bonds.